The molecule has 0 aliphatic heterocycles. The second kappa shape index (κ2) is 7.11. The number of allylic oxidation sites excluding steroid dienone is 1. The van der Waals surface area contributed by atoms with E-state index in [-0.39, 0.29) is 33.7 Å². The number of hydrogen-bond donors (Lipinski definition) is 2. The highest BCUT2D eigenvalue weighted by molar-refractivity contribution is 5.76. The highest BCUT2D eigenvalue weighted by Gasteiger charge is 2.71. The molecule has 5 aliphatic rings. The van der Waals surface area contributed by atoms with E-state index in [1.54, 1.807) is 0 Å². The van der Waals surface area contributed by atoms with Crippen molar-refractivity contribution in [2.45, 2.75) is 112 Å². The van der Waals surface area contributed by atoms with Crippen LogP contribution >= 0.6 is 0 Å². The molecule has 5 aliphatic carbocycles. The molecule has 5 rings (SSSR count). The van der Waals surface area contributed by atoms with Crippen molar-refractivity contribution in [3.63, 3.8) is 0 Å². The lowest BCUT2D eigenvalue weighted by molar-refractivity contribution is -0.248. The molecule has 0 saturated heterocycles. The molecule has 3 nitrogen and oxygen atoms in total. The average Bonchev–Trinajstić information content (AvgIpc) is 3.13. The van der Waals surface area contributed by atoms with Crippen molar-refractivity contribution in [3.05, 3.63) is 12.2 Å². The van der Waals surface area contributed by atoms with Gasteiger partial charge < -0.3 is 10.2 Å². The van der Waals surface area contributed by atoms with E-state index in [1.807, 2.05) is 0 Å². The Kier molecular flexibility index (Phi) is 5.15. The molecule has 10 atom stereocenters. The molecule has 5 fully saturated rings. The fourth-order valence-electron chi connectivity index (χ4n) is 11.5. The monoisotopic (exact) mass is 456 g/mol. The Bertz CT molecular complexity index is 861. The molecule has 0 spiro atoms. The molecule has 0 amide bonds. The molecule has 186 valence electrons. The molecule has 5 saturated carbocycles. The smallest absolute Gasteiger partial charge is 0.309 e. The van der Waals surface area contributed by atoms with Crippen LogP contribution < -0.4 is 0 Å². The van der Waals surface area contributed by atoms with E-state index in [4.69, 9.17) is 0 Å². The van der Waals surface area contributed by atoms with Gasteiger partial charge in [0.2, 0.25) is 0 Å². The van der Waals surface area contributed by atoms with Gasteiger partial charge in [0.1, 0.15) is 0 Å². The first-order chi connectivity index (χ1) is 15.3. The summed E-state index contributed by atoms with van der Waals surface area (Å²) in [6, 6.07) is 0. The first-order valence-corrected chi connectivity index (χ1v) is 13.8. The van der Waals surface area contributed by atoms with Gasteiger partial charge >= 0.3 is 5.97 Å². The largest absolute Gasteiger partial charge is 0.481 e. The number of carboxylic acids is 1. The van der Waals surface area contributed by atoms with E-state index < -0.39 is 11.4 Å². The summed E-state index contributed by atoms with van der Waals surface area (Å²) < 4.78 is 0. The summed E-state index contributed by atoms with van der Waals surface area (Å²) in [5.41, 5.74) is 1.35. The number of aliphatic hydroxyl groups excluding tert-OH is 1. The van der Waals surface area contributed by atoms with Crippen LogP contribution in [0, 0.1) is 56.7 Å². The highest BCUT2D eigenvalue weighted by atomic mass is 16.4. The van der Waals surface area contributed by atoms with Crippen molar-refractivity contribution in [1.29, 1.82) is 0 Å². The summed E-state index contributed by atoms with van der Waals surface area (Å²) >= 11 is 0. The SMILES string of the molecule is C=C(C)[C@H]1CC[C@@]2(C(=O)O)CC[C@]3(C)[C@@H](CC[C@@H]4[C@]5(C)CC[C@H](O)C(C)(C)[C@@H]5CC[C@@]43C)[C@H]12. The van der Waals surface area contributed by atoms with Crippen LogP contribution in [0.4, 0.5) is 0 Å². The molecule has 33 heavy (non-hydrogen) atoms. The van der Waals surface area contributed by atoms with Gasteiger partial charge in [0, 0.05) is 0 Å². The molecule has 3 heteroatoms. The minimum Gasteiger partial charge on any atom is -0.481 e. The number of fused-ring (bicyclic) bond motifs is 7. The van der Waals surface area contributed by atoms with Gasteiger partial charge in [-0.15, -0.1) is 0 Å². The van der Waals surface area contributed by atoms with E-state index in [0.29, 0.717) is 23.7 Å². The maximum atomic E-state index is 12.8. The third kappa shape index (κ3) is 2.75. The van der Waals surface area contributed by atoms with E-state index in [0.717, 1.165) is 38.5 Å². The van der Waals surface area contributed by atoms with Gasteiger partial charge in [-0.3, -0.25) is 4.79 Å². The second-order valence-corrected chi connectivity index (χ2v) is 14.5. The van der Waals surface area contributed by atoms with E-state index in [1.165, 1.54) is 31.3 Å². The second-order valence-electron chi connectivity index (χ2n) is 14.5. The highest BCUT2D eigenvalue weighted by Crippen LogP contribution is 2.77. The fourth-order valence-corrected chi connectivity index (χ4v) is 11.5. The van der Waals surface area contributed by atoms with Gasteiger partial charge in [-0.1, -0.05) is 46.8 Å². The van der Waals surface area contributed by atoms with E-state index >= 15 is 0 Å². The fraction of sp³-hybridized carbons (Fsp3) is 0.900. The van der Waals surface area contributed by atoms with Crippen molar-refractivity contribution in [2.24, 2.45) is 56.7 Å². The maximum Gasteiger partial charge on any atom is 0.309 e. The summed E-state index contributed by atoms with van der Waals surface area (Å²) in [7, 11) is 0. The molecule has 2 N–H and O–H groups in total. The Balaban J connectivity index is 1.57. The van der Waals surface area contributed by atoms with E-state index in [2.05, 4.69) is 48.1 Å². The molecule has 0 radical (unpaired) electrons. The van der Waals surface area contributed by atoms with Gasteiger partial charge in [-0.2, -0.15) is 0 Å². The summed E-state index contributed by atoms with van der Waals surface area (Å²) in [4.78, 5) is 12.8. The zero-order valence-electron chi connectivity index (χ0n) is 22.0. The van der Waals surface area contributed by atoms with Crippen molar-refractivity contribution in [3.8, 4) is 0 Å². The topological polar surface area (TPSA) is 57.5 Å². The molecule has 0 bridgehead atoms. The van der Waals surface area contributed by atoms with Crippen molar-refractivity contribution < 1.29 is 15.0 Å². The predicted octanol–water partition coefficient (Wildman–Crippen LogP) is 7.09. The lowest BCUT2D eigenvalue weighted by Crippen LogP contribution is -2.67. The van der Waals surface area contributed by atoms with Crippen LogP contribution in [0.2, 0.25) is 0 Å². The van der Waals surface area contributed by atoms with Crippen molar-refractivity contribution >= 4 is 5.97 Å². The zero-order chi connectivity index (χ0) is 24.2. The van der Waals surface area contributed by atoms with Crippen LogP contribution in [0.15, 0.2) is 12.2 Å². The number of aliphatic hydroxyl groups is 1. The quantitative estimate of drug-likeness (QED) is 0.436. The first kappa shape index (κ1) is 23.9. The Morgan fingerprint density at radius 2 is 1.52 bits per heavy atom. The summed E-state index contributed by atoms with van der Waals surface area (Å²) in [6.45, 7) is 18.8. The predicted molar refractivity (Wildman–Crippen MR) is 133 cm³/mol. The lowest BCUT2D eigenvalue weighted by Gasteiger charge is -2.72. The van der Waals surface area contributed by atoms with Crippen molar-refractivity contribution in [2.75, 3.05) is 0 Å². The number of rotatable bonds is 2. The van der Waals surface area contributed by atoms with Gasteiger partial charge in [0.15, 0.2) is 0 Å². The van der Waals surface area contributed by atoms with Crippen LogP contribution in [0.25, 0.3) is 0 Å². The maximum absolute atomic E-state index is 12.8. The number of carboxylic acid groups (broad SMARTS) is 1. The Morgan fingerprint density at radius 3 is 2.15 bits per heavy atom. The van der Waals surface area contributed by atoms with Gasteiger partial charge in [-0.25, -0.2) is 0 Å². The molecule has 0 aromatic carbocycles. The third-order valence-corrected chi connectivity index (χ3v) is 13.5. The zero-order valence-corrected chi connectivity index (χ0v) is 22.0. The summed E-state index contributed by atoms with van der Waals surface area (Å²) in [6.07, 6.45) is 10.5. The molecule has 0 heterocycles. The van der Waals surface area contributed by atoms with Crippen LogP contribution in [-0.2, 0) is 4.79 Å². The van der Waals surface area contributed by atoms with Crippen molar-refractivity contribution in [1.82, 2.24) is 0 Å². The number of carbonyl (C=O) groups is 1. The molecular weight excluding hydrogens is 408 g/mol. The Hall–Kier alpha value is -0.830. The standard InChI is InChI=1S/C30H48O3/c1-18(2)19-10-15-30(25(32)33)17-16-28(6)20(24(19)30)8-9-22-27(5)13-12-23(31)26(3,4)21(27)11-14-29(22,28)7/h19-24,31H,1,8-17H2,2-7H3,(H,32,33)/t19-,20+,21+,22-,23+,24+,27-,28-,29+,30-/m1/s1. The first-order valence-electron chi connectivity index (χ1n) is 13.8. The number of aliphatic carboxylic acids is 1. The minimum absolute atomic E-state index is 0.0202. The Labute approximate surface area is 201 Å². The van der Waals surface area contributed by atoms with Gasteiger partial charge in [0.05, 0.1) is 11.5 Å². The molecule has 0 aromatic rings. The van der Waals surface area contributed by atoms with Crippen LogP contribution in [0.5, 0.6) is 0 Å². The number of hydrogen-bond acceptors (Lipinski definition) is 2. The minimum atomic E-state index is -0.538. The Morgan fingerprint density at radius 1 is 0.818 bits per heavy atom. The molecule has 0 aromatic heterocycles. The van der Waals surface area contributed by atoms with Crippen LogP contribution in [-0.4, -0.2) is 22.3 Å². The van der Waals surface area contributed by atoms with Crippen LogP contribution in [0.1, 0.15) is 106 Å². The molecule has 0 unspecified atom stereocenters. The molecular formula is C30H48O3. The summed E-state index contributed by atoms with van der Waals surface area (Å²) in [5, 5.41) is 21.4. The summed E-state index contributed by atoms with van der Waals surface area (Å²) in [5.74, 6) is 1.79. The van der Waals surface area contributed by atoms with Gasteiger partial charge in [-0.05, 0) is 122 Å². The third-order valence-electron chi connectivity index (χ3n) is 13.5. The normalized spacial score (nSPS) is 55.0. The van der Waals surface area contributed by atoms with Gasteiger partial charge in [0.25, 0.3) is 0 Å². The van der Waals surface area contributed by atoms with Crippen LogP contribution in [0.3, 0.4) is 0 Å². The van der Waals surface area contributed by atoms with E-state index in [9.17, 15) is 15.0 Å². The lowest BCUT2D eigenvalue weighted by atomic mass is 9.32. The average molecular weight is 457 g/mol.